The van der Waals surface area contributed by atoms with E-state index in [2.05, 4.69) is 9.88 Å². The first-order valence-electron chi connectivity index (χ1n) is 8.75. The first-order valence-corrected chi connectivity index (χ1v) is 8.75. The van der Waals surface area contributed by atoms with Gasteiger partial charge in [-0.2, -0.15) is 0 Å². The number of aromatic amines is 1. The molecule has 4 rings (SSSR count). The van der Waals surface area contributed by atoms with Crippen LogP contribution in [0.4, 0.5) is 0 Å². The second kappa shape index (κ2) is 6.69. The van der Waals surface area contributed by atoms with Crippen LogP contribution in [-0.4, -0.2) is 33.9 Å². The van der Waals surface area contributed by atoms with Gasteiger partial charge in [0.05, 0.1) is 11.0 Å². The summed E-state index contributed by atoms with van der Waals surface area (Å²) in [6, 6.07) is 17.5. The van der Waals surface area contributed by atoms with Crippen LogP contribution in [-0.2, 0) is 4.79 Å². The van der Waals surface area contributed by atoms with Crippen LogP contribution in [0.25, 0.3) is 11.0 Å². The number of likely N-dealkylation sites (tertiary alicyclic amines) is 1. The standard InChI is InChI=1S/C20H22N4O/c21-19(25)18(14-7-2-1-3-8-14)24-12-6-9-15(13-24)20-22-16-10-4-5-11-17(16)23-20/h1-5,7-8,10-11,15,18H,6,9,12-13H2,(H2,21,25)(H,22,23)/t15-,18-/m0/s1. The minimum absolute atomic E-state index is 0.284. The number of H-pyrrole nitrogens is 1. The molecule has 1 aliphatic rings. The fraction of sp³-hybridized carbons (Fsp3) is 0.300. The number of benzene rings is 2. The van der Waals surface area contributed by atoms with Crippen LogP contribution >= 0.6 is 0 Å². The predicted molar refractivity (Wildman–Crippen MR) is 98.0 cm³/mol. The molecule has 5 heteroatoms. The molecule has 3 aromatic rings. The zero-order valence-corrected chi connectivity index (χ0v) is 14.1. The van der Waals surface area contributed by atoms with Gasteiger partial charge < -0.3 is 10.7 Å². The van der Waals surface area contributed by atoms with Gasteiger partial charge in [-0.05, 0) is 37.1 Å². The quantitative estimate of drug-likeness (QED) is 0.770. The van der Waals surface area contributed by atoms with Crippen molar-refractivity contribution in [3.8, 4) is 0 Å². The monoisotopic (exact) mass is 334 g/mol. The number of hydrogen-bond donors (Lipinski definition) is 2. The van der Waals surface area contributed by atoms with Crippen molar-refractivity contribution in [2.75, 3.05) is 13.1 Å². The molecule has 1 aromatic heterocycles. The fourth-order valence-electron chi connectivity index (χ4n) is 3.82. The molecule has 1 aliphatic heterocycles. The molecule has 2 aromatic carbocycles. The summed E-state index contributed by atoms with van der Waals surface area (Å²) >= 11 is 0. The number of carbonyl (C=O) groups is 1. The lowest BCUT2D eigenvalue weighted by molar-refractivity contribution is -0.124. The first kappa shape index (κ1) is 15.8. The van der Waals surface area contributed by atoms with Crippen molar-refractivity contribution in [3.05, 3.63) is 66.0 Å². The number of para-hydroxylation sites is 2. The van der Waals surface area contributed by atoms with Gasteiger partial charge in [0.25, 0.3) is 0 Å². The fourth-order valence-corrected chi connectivity index (χ4v) is 3.82. The number of aromatic nitrogens is 2. The number of fused-ring (bicyclic) bond motifs is 1. The van der Waals surface area contributed by atoms with Gasteiger partial charge in [-0.25, -0.2) is 4.98 Å². The highest BCUT2D eigenvalue weighted by Gasteiger charge is 2.32. The summed E-state index contributed by atoms with van der Waals surface area (Å²) in [5, 5.41) is 0. The van der Waals surface area contributed by atoms with Crippen LogP contribution < -0.4 is 5.73 Å². The zero-order valence-electron chi connectivity index (χ0n) is 14.1. The molecule has 2 heterocycles. The highest BCUT2D eigenvalue weighted by Crippen LogP contribution is 2.31. The lowest BCUT2D eigenvalue weighted by Gasteiger charge is -2.36. The molecule has 0 aliphatic carbocycles. The number of carbonyl (C=O) groups excluding carboxylic acids is 1. The second-order valence-electron chi connectivity index (χ2n) is 6.69. The summed E-state index contributed by atoms with van der Waals surface area (Å²) in [5.74, 6) is 0.991. The Labute approximate surface area is 146 Å². The number of nitrogens with two attached hydrogens (primary N) is 1. The Morgan fingerprint density at radius 1 is 1.16 bits per heavy atom. The molecule has 0 unspecified atom stereocenters. The van der Waals surface area contributed by atoms with E-state index in [4.69, 9.17) is 10.7 Å². The topological polar surface area (TPSA) is 75.0 Å². The Balaban J connectivity index is 1.60. The van der Waals surface area contributed by atoms with Gasteiger partial charge in [0.1, 0.15) is 11.9 Å². The third-order valence-corrected chi connectivity index (χ3v) is 5.00. The van der Waals surface area contributed by atoms with E-state index in [1.807, 2.05) is 54.6 Å². The molecule has 0 saturated carbocycles. The van der Waals surface area contributed by atoms with Gasteiger partial charge in [-0.3, -0.25) is 9.69 Å². The lowest BCUT2D eigenvalue weighted by Crippen LogP contribution is -2.43. The molecule has 0 spiro atoms. The number of amides is 1. The third-order valence-electron chi connectivity index (χ3n) is 5.00. The van der Waals surface area contributed by atoms with Crippen molar-refractivity contribution < 1.29 is 4.79 Å². The van der Waals surface area contributed by atoms with Crippen molar-refractivity contribution in [3.63, 3.8) is 0 Å². The van der Waals surface area contributed by atoms with E-state index >= 15 is 0 Å². The number of piperidine rings is 1. The number of nitrogens with zero attached hydrogens (tertiary/aromatic N) is 2. The van der Waals surface area contributed by atoms with Gasteiger partial charge in [0.2, 0.25) is 5.91 Å². The van der Waals surface area contributed by atoms with E-state index in [1.54, 1.807) is 0 Å². The van der Waals surface area contributed by atoms with Gasteiger partial charge >= 0.3 is 0 Å². The SMILES string of the molecule is NC(=O)[C@H](c1ccccc1)N1CCC[C@H](c2nc3ccccc3[nH]2)C1. The number of hydrogen-bond acceptors (Lipinski definition) is 3. The Bertz CT molecular complexity index is 841. The summed E-state index contributed by atoms with van der Waals surface area (Å²) in [5.41, 5.74) is 8.75. The van der Waals surface area contributed by atoms with Crippen molar-refractivity contribution in [1.29, 1.82) is 0 Å². The van der Waals surface area contributed by atoms with Crippen molar-refractivity contribution in [2.24, 2.45) is 5.73 Å². The summed E-state index contributed by atoms with van der Waals surface area (Å²) in [6.45, 7) is 1.65. The highest BCUT2D eigenvalue weighted by atomic mass is 16.1. The van der Waals surface area contributed by atoms with E-state index in [9.17, 15) is 4.79 Å². The molecule has 1 amide bonds. The van der Waals surface area contributed by atoms with Gasteiger partial charge in [-0.15, -0.1) is 0 Å². The van der Waals surface area contributed by atoms with E-state index in [1.165, 1.54) is 0 Å². The van der Waals surface area contributed by atoms with E-state index in [0.717, 1.165) is 48.4 Å². The third kappa shape index (κ3) is 3.15. The molecule has 0 bridgehead atoms. The molecular formula is C20H22N4O. The molecule has 1 fully saturated rings. The van der Waals surface area contributed by atoms with Crippen molar-refractivity contribution >= 4 is 16.9 Å². The van der Waals surface area contributed by atoms with Crippen LogP contribution in [0.1, 0.15) is 36.2 Å². The minimum atomic E-state index is -0.381. The maximum Gasteiger partial charge on any atom is 0.239 e. The summed E-state index contributed by atoms with van der Waals surface area (Å²) in [7, 11) is 0. The minimum Gasteiger partial charge on any atom is -0.368 e. The van der Waals surface area contributed by atoms with Crippen LogP contribution in [0, 0.1) is 0 Å². The Morgan fingerprint density at radius 3 is 2.68 bits per heavy atom. The molecule has 128 valence electrons. The predicted octanol–water partition coefficient (Wildman–Crippen LogP) is 2.97. The Kier molecular flexibility index (Phi) is 4.24. The van der Waals surface area contributed by atoms with E-state index in [0.29, 0.717) is 0 Å². The van der Waals surface area contributed by atoms with E-state index < -0.39 is 0 Å². The zero-order chi connectivity index (χ0) is 17.2. The van der Waals surface area contributed by atoms with Crippen LogP contribution in [0.15, 0.2) is 54.6 Å². The van der Waals surface area contributed by atoms with Crippen LogP contribution in [0.5, 0.6) is 0 Å². The number of primary amides is 1. The molecule has 5 nitrogen and oxygen atoms in total. The van der Waals surface area contributed by atoms with Gasteiger partial charge in [0, 0.05) is 12.5 Å². The van der Waals surface area contributed by atoms with Crippen LogP contribution in [0.2, 0.25) is 0 Å². The average Bonchev–Trinajstić information content (AvgIpc) is 3.07. The van der Waals surface area contributed by atoms with Crippen LogP contribution in [0.3, 0.4) is 0 Å². The van der Waals surface area contributed by atoms with E-state index in [-0.39, 0.29) is 17.9 Å². The Hall–Kier alpha value is -2.66. The summed E-state index contributed by atoms with van der Waals surface area (Å²) < 4.78 is 0. The highest BCUT2D eigenvalue weighted by molar-refractivity contribution is 5.81. The maximum absolute atomic E-state index is 12.1. The first-order chi connectivity index (χ1) is 12.2. The smallest absolute Gasteiger partial charge is 0.239 e. The van der Waals surface area contributed by atoms with Gasteiger partial charge in [0.15, 0.2) is 0 Å². The number of nitrogens with one attached hydrogen (secondary N) is 1. The number of rotatable bonds is 4. The Morgan fingerprint density at radius 2 is 1.92 bits per heavy atom. The maximum atomic E-state index is 12.1. The molecule has 0 radical (unpaired) electrons. The number of imidazole rings is 1. The molecular weight excluding hydrogens is 312 g/mol. The second-order valence-corrected chi connectivity index (χ2v) is 6.69. The largest absolute Gasteiger partial charge is 0.368 e. The molecule has 1 saturated heterocycles. The van der Waals surface area contributed by atoms with Gasteiger partial charge in [-0.1, -0.05) is 42.5 Å². The van der Waals surface area contributed by atoms with Crippen molar-refractivity contribution in [1.82, 2.24) is 14.9 Å². The summed E-state index contributed by atoms with van der Waals surface area (Å²) in [4.78, 5) is 22.5. The molecule has 3 N–H and O–H groups in total. The lowest BCUT2D eigenvalue weighted by atomic mass is 9.94. The summed E-state index contributed by atoms with van der Waals surface area (Å²) in [6.07, 6.45) is 2.09. The van der Waals surface area contributed by atoms with Crippen molar-refractivity contribution in [2.45, 2.75) is 24.8 Å². The molecule has 25 heavy (non-hydrogen) atoms. The molecule has 2 atom stereocenters. The normalized spacial score (nSPS) is 19.8. The average molecular weight is 334 g/mol.